The zero-order valence-electron chi connectivity index (χ0n) is 24.5. The van der Waals surface area contributed by atoms with E-state index in [1.807, 2.05) is 56.3 Å². The van der Waals surface area contributed by atoms with Gasteiger partial charge in [-0.05, 0) is 67.8 Å². The summed E-state index contributed by atoms with van der Waals surface area (Å²) in [6, 6.07) is 29.2. The van der Waals surface area contributed by atoms with E-state index in [1.165, 1.54) is 17.0 Å². The minimum absolute atomic E-state index is 0.0558. The van der Waals surface area contributed by atoms with Crippen molar-refractivity contribution in [2.75, 3.05) is 17.4 Å². The van der Waals surface area contributed by atoms with Crippen molar-refractivity contribution < 1.29 is 18.0 Å². The molecule has 43 heavy (non-hydrogen) atoms. The summed E-state index contributed by atoms with van der Waals surface area (Å²) in [5.74, 6) is -0.850. The number of rotatable bonds is 12. The fourth-order valence-electron chi connectivity index (χ4n) is 4.87. The number of carbonyl (C=O) groups is 2. The molecular weight excluding hydrogens is 582 g/mol. The van der Waals surface area contributed by atoms with Gasteiger partial charge in [-0.15, -0.1) is 0 Å². The molecule has 0 fully saturated rings. The molecule has 0 bridgehead atoms. The molecule has 0 aliphatic carbocycles. The molecule has 2 amide bonds. The number of halogens is 1. The molecule has 0 heterocycles. The molecule has 1 N–H and O–H groups in total. The van der Waals surface area contributed by atoms with Gasteiger partial charge in [0, 0.05) is 24.5 Å². The van der Waals surface area contributed by atoms with E-state index < -0.39 is 28.5 Å². The number of hydrogen-bond acceptors (Lipinski definition) is 4. The third-order valence-corrected chi connectivity index (χ3v) is 9.15. The number of para-hydroxylation sites is 1. The van der Waals surface area contributed by atoms with Gasteiger partial charge >= 0.3 is 0 Å². The number of nitrogens with zero attached hydrogens (tertiary/aromatic N) is 2. The molecule has 0 radical (unpaired) electrons. The van der Waals surface area contributed by atoms with Crippen molar-refractivity contribution in [2.24, 2.45) is 0 Å². The van der Waals surface area contributed by atoms with Crippen molar-refractivity contribution >= 4 is 39.1 Å². The van der Waals surface area contributed by atoms with Crippen LogP contribution in [-0.2, 0) is 32.6 Å². The quantitative estimate of drug-likeness (QED) is 0.214. The summed E-state index contributed by atoms with van der Waals surface area (Å²) in [5.41, 5.74) is 3.57. The maximum absolute atomic E-state index is 14.4. The summed E-state index contributed by atoms with van der Waals surface area (Å²) in [4.78, 5) is 29.5. The predicted octanol–water partition coefficient (Wildman–Crippen LogP) is 5.93. The lowest BCUT2D eigenvalue weighted by Crippen LogP contribution is -2.53. The first kappa shape index (κ1) is 31.8. The molecule has 4 aromatic rings. The van der Waals surface area contributed by atoms with Crippen LogP contribution in [0, 0.1) is 13.8 Å². The Bertz CT molecular complexity index is 1660. The number of carbonyl (C=O) groups excluding carboxylic acids is 2. The van der Waals surface area contributed by atoms with Crippen LogP contribution in [0.15, 0.2) is 108 Å². The smallest absolute Gasteiger partial charge is 0.264 e. The molecule has 1 atom stereocenters. The lowest BCUT2D eigenvalue weighted by Gasteiger charge is -2.34. The van der Waals surface area contributed by atoms with Crippen LogP contribution in [0.2, 0.25) is 5.02 Å². The third kappa shape index (κ3) is 8.03. The lowest BCUT2D eigenvalue weighted by molar-refractivity contribution is -0.140. The Labute approximate surface area is 259 Å². The molecule has 0 aliphatic heterocycles. The Morgan fingerprint density at radius 1 is 0.837 bits per heavy atom. The highest BCUT2D eigenvalue weighted by Gasteiger charge is 2.34. The molecule has 1 unspecified atom stereocenters. The highest BCUT2D eigenvalue weighted by Crippen LogP contribution is 2.28. The zero-order valence-corrected chi connectivity index (χ0v) is 26.1. The fourth-order valence-corrected chi connectivity index (χ4v) is 6.56. The van der Waals surface area contributed by atoms with Crippen molar-refractivity contribution in [1.82, 2.24) is 10.2 Å². The summed E-state index contributed by atoms with van der Waals surface area (Å²) < 4.78 is 29.4. The van der Waals surface area contributed by atoms with Gasteiger partial charge in [0.1, 0.15) is 12.6 Å². The van der Waals surface area contributed by atoms with Crippen molar-refractivity contribution in [3.8, 4) is 0 Å². The van der Waals surface area contributed by atoms with Gasteiger partial charge in [0.2, 0.25) is 11.8 Å². The predicted molar refractivity (Wildman–Crippen MR) is 172 cm³/mol. The second-order valence-electron chi connectivity index (χ2n) is 10.4. The summed E-state index contributed by atoms with van der Waals surface area (Å²) in [6.45, 7) is 5.41. The summed E-state index contributed by atoms with van der Waals surface area (Å²) in [5, 5.41) is 3.35. The monoisotopic (exact) mass is 617 g/mol. The van der Waals surface area contributed by atoms with Crippen LogP contribution in [0.5, 0.6) is 0 Å². The number of anilines is 1. The Hall–Kier alpha value is -4.14. The molecule has 9 heteroatoms. The van der Waals surface area contributed by atoms with Gasteiger partial charge in [0.25, 0.3) is 10.0 Å². The SMILES string of the molecule is CCNC(=O)C(Cc1ccccc1)N(Cc1cccc(Cl)c1)C(=O)CN(c1ccccc1C)S(=O)(=O)c1ccc(C)cc1. The van der Waals surface area contributed by atoms with Gasteiger partial charge < -0.3 is 10.2 Å². The number of benzene rings is 4. The van der Waals surface area contributed by atoms with E-state index in [9.17, 15) is 18.0 Å². The molecule has 0 saturated heterocycles. The van der Waals surface area contributed by atoms with Crippen LogP contribution in [0.1, 0.15) is 29.2 Å². The van der Waals surface area contributed by atoms with E-state index >= 15 is 0 Å². The highest BCUT2D eigenvalue weighted by atomic mass is 35.5. The first-order valence-corrected chi connectivity index (χ1v) is 15.9. The number of amides is 2. The number of likely N-dealkylation sites (N-methyl/N-ethyl adjacent to an activating group) is 1. The average Bonchev–Trinajstić information content (AvgIpc) is 2.99. The van der Waals surface area contributed by atoms with E-state index in [0.717, 1.165) is 15.4 Å². The minimum Gasteiger partial charge on any atom is -0.355 e. The third-order valence-electron chi connectivity index (χ3n) is 7.14. The second kappa shape index (κ2) is 14.4. The summed E-state index contributed by atoms with van der Waals surface area (Å²) in [7, 11) is -4.15. The summed E-state index contributed by atoms with van der Waals surface area (Å²) >= 11 is 6.28. The Kier molecular flexibility index (Phi) is 10.6. The number of sulfonamides is 1. The Morgan fingerprint density at radius 2 is 1.49 bits per heavy atom. The number of aryl methyl sites for hydroxylation is 2. The minimum atomic E-state index is -4.15. The van der Waals surface area contributed by atoms with Crippen LogP contribution < -0.4 is 9.62 Å². The average molecular weight is 618 g/mol. The Morgan fingerprint density at radius 3 is 2.14 bits per heavy atom. The van der Waals surface area contributed by atoms with Gasteiger partial charge in [0.15, 0.2) is 0 Å². The van der Waals surface area contributed by atoms with Crippen molar-refractivity contribution in [1.29, 1.82) is 0 Å². The van der Waals surface area contributed by atoms with Crippen molar-refractivity contribution in [3.63, 3.8) is 0 Å². The summed E-state index contributed by atoms with van der Waals surface area (Å²) in [6.07, 6.45) is 0.244. The van der Waals surface area contributed by atoms with E-state index in [4.69, 9.17) is 11.6 Å². The molecule has 224 valence electrons. The first-order chi connectivity index (χ1) is 20.6. The largest absolute Gasteiger partial charge is 0.355 e. The van der Waals surface area contributed by atoms with Crippen LogP contribution >= 0.6 is 11.6 Å². The van der Waals surface area contributed by atoms with Gasteiger partial charge in [-0.2, -0.15) is 0 Å². The zero-order chi connectivity index (χ0) is 31.0. The normalized spacial score (nSPS) is 11.9. The van der Waals surface area contributed by atoms with E-state index in [1.54, 1.807) is 55.5 Å². The number of nitrogens with one attached hydrogen (secondary N) is 1. The highest BCUT2D eigenvalue weighted by molar-refractivity contribution is 7.92. The van der Waals surface area contributed by atoms with Crippen LogP contribution in [0.3, 0.4) is 0 Å². The van der Waals surface area contributed by atoms with E-state index in [0.29, 0.717) is 28.4 Å². The van der Waals surface area contributed by atoms with E-state index in [-0.39, 0.29) is 23.8 Å². The standard InChI is InChI=1S/C34H36ClN3O4S/c1-4-36-34(40)32(22-27-12-6-5-7-13-27)37(23-28-14-10-15-29(35)21-28)33(39)24-38(31-16-9-8-11-26(31)3)43(41,42)30-19-17-25(2)18-20-30/h5-21,32H,4,22-24H2,1-3H3,(H,36,40). The van der Waals surface area contributed by atoms with E-state index in [2.05, 4.69) is 5.32 Å². The topological polar surface area (TPSA) is 86.8 Å². The van der Waals surface area contributed by atoms with Gasteiger partial charge in [0.05, 0.1) is 10.6 Å². The lowest BCUT2D eigenvalue weighted by atomic mass is 10.0. The molecule has 0 spiro atoms. The van der Waals surface area contributed by atoms with Crippen LogP contribution in [-0.4, -0.2) is 44.3 Å². The van der Waals surface area contributed by atoms with Crippen molar-refractivity contribution in [2.45, 2.75) is 44.7 Å². The maximum Gasteiger partial charge on any atom is 0.264 e. The molecule has 0 saturated carbocycles. The fraction of sp³-hybridized carbons (Fsp3) is 0.235. The Balaban J connectivity index is 1.80. The van der Waals surface area contributed by atoms with Gasteiger partial charge in [-0.3, -0.25) is 13.9 Å². The second-order valence-corrected chi connectivity index (χ2v) is 12.7. The molecular formula is C34H36ClN3O4S. The van der Waals surface area contributed by atoms with Gasteiger partial charge in [-0.25, -0.2) is 8.42 Å². The number of hydrogen-bond donors (Lipinski definition) is 1. The molecule has 4 rings (SSSR count). The molecule has 0 aliphatic rings. The molecule has 4 aromatic carbocycles. The van der Waals surface area contributed by atoms with Crippen LogP contribution in [0.4, 0.5) is 5.69 Å². The first-order valence-electron chi connectivity index (χ1n) is 14.1. The molecule has 0 aromatic heterocycles. The van der Waals surface area contributed by atoms with Crippen molar-refractivity contribution in [3.05, 3.63) is 130 Å². The van der Waals surface area contributed by atoms with Gasteiger partial charge in [-0.1, -0.05) is 90.0 Å². The molecule has 7 nitrogen and oxygen atoms in total. The van der Waals surface area contributed by atoms with Crippen LogP contribution in [0.25, 0.3) is 0 Å². The maximum atomic E-state index is 14.4.